The first kappa shape index (κ1) is 14.7. The van der Waals surface area contributed by atoms with Gasteiger partial charge in [-0.2, -0.15) is 0 Å². The van der Waals surface area contributed by atoms with Gasteiger partial charge in [-0.1, -0.05) is 0 Å². The van der Waals surface area contributed by atoms with Gasteiger partial charge in [0.05, 0.1) is 32.0 Å². The second-order valence-corrected chi connectivity index (χ2v) is 4.88. The van der Waals surface area contributed by atoms with Gasteiger partial charge in [0, 0.05) is 26.7 Å². The van der Waals surface area contributed by atoms with Crippen molar-refractivity contribution >= 4 is 5.91 Å². The van der Waals surface area contributed by atoms with Crippen molar-refractivity contribution in [1.82, 2.24) is 10.2 Å². The number of methoxy groups -OCH3 is 1. The Hall–Kier alpha value is -0.730. The van der Waals surface area contributed by atoms with E-state index in [0.717, 1.165) is 26.3 Å². The summed E-state index contributed by atoms with van der Waals surface area (Å²) in [5, 5.41) is 12.9. The Labute approximate surface area is 112 Å². The molecule has 110 valence electrons. The van der Waals surface area contributed by atoms with Crippen molar-refractivity contribution < 1.29 is 24.1 Å². The fraction of sp³-hybridized carbons (Fsp3) is 0.917. The SMILES string of the molecule is COCC(=O)N[C@H]1CO[C@@H](CN2CCOCC2)[C@@H]1O. The molecule has 2 rings (SSSR count). The van der Waals surface area contributed by atoms with E-state index in [1.807, 2.05) is 0 Å². The number of nitrogens with one attached hydrogen (secondary N) is 1. The van der Waals surface area contributed by atoms with E-state index in [-0.39, 0.29) is 24.7 Å². The number of morpholine rings is 1. The third-order valence-corrected chi connectivity index (χ3v) is 3.45. The zero-order chi connectivity index (χ0) is 13.7. The Morgan fingerprint density at radius 3 is 2.89 bits per heavy atom. The quantitative estimate of drug-likeness (QED) is 0.616. The van der Waals surface area contributed by atoms with Crippen LogP contribution in [0.5, 0.6) is 0 Å². The number of carbonyl (C=O) groups excluding carboxylic acids is 1. The van der Waals surface area contributed by atoms with Crippen LogP contribution in [-0.4, -0.2) is 87.3 Å². The smallest absolute Gasteiger partial charge is 0.246 e. The van der Waals surface area contributed by atoms with Gasteiger partial charge in [-0.25, -0.2) is 0 Å². The van der Waals surface area contributed by atoms with Gasteiger partial charge >= 0.3 is 0 Å². The van der Waals surface area contributed by atoms with Gasteiger partial charge < -0.3 is 24.6 Å². The van der Waals surface area contributed by atoms with Gasteiger partial charge in [0.2, 0.25) is 5.91 Å². The van der Waals surface area contributed by atoms with Gasteiger partial charge in [0.15, 0.2) is 0 Å². The van der Waals surface area contributed by atoms with Crippen LogP contribution >= 0.6 is 0 Å². The van der Waals surface area contributed by atoms with Crippen LogP contribution in [0.2, 0.25) is 0 Å². The number of carbonyl (C=O) groups is 1. The van der Waals surface area contributed by atoms with Crippen molar-refractivity contribution in [3.05, 3.63) is 0 Å². The van der Waals surface area contributed by atoms with Crippen molar-refractivity contribution in [1.29, 1.82) is 0 Å². The highest BCUT2D eigenvalue weighted by molar-refractivity contribution is 5.77. The first-order chi connectivity index (χ1) is 9.20. The van der Waals surface area contributed by atoms with Crippen LogP contribution in [-0.2, 0) is 19.0 Å². The summed E-state index contributed by atoms with van der Waals surface area (Å²) in [7, 11) is 1.46. The Morgan fingerprint density at radius 2 is 2.21 bits per heavy atom. The predicted octanol–water partition coefficient (Wildman–Crippen LogP) is -1.79. The van der Waals surface area contributed by atoms with Crippen LogP contribution in [0, 0.1) is 0 Å². The third-order valence-electron chi connectivity index (χ3n) is 3.45. The molecule has 0 bridgehead atoms. The Bertz CT molecular complexity index is 296. The molecule has 0 spiro atoms. The van der Waals surface area contributed by atoms with Crippen molar-refractivity contribution in [2.45, 2.75) is 18.2 Å². The lowest BCUT2D eigenvalue weighted by atomic mass is 10.1. The molecular weight excluding hydrogens is 252 g/mol. The molecule has 0 unspecified atom stereocenters. The predicted molar refractivity (Wildman–Crippen MR) is 66.8 cm³/mol. The number of ether oxygens (including phenoxy) is 3. The van der Waals surface area contributed by atoms with E-state index < -0.39 is 6.10 Å². The molecule has 2 fully saturated rings. The van der Waals surface area contributed by atoms with Crippen LogP contribution in [0.3, 0.4) is 0 Å². The average Bonchev–Trinajstić information content (AvgIpc) is 2.73. The van der Waals surface area contributed by atoms with E-state index in [1.54, 1.807) is 0 Å². The van der Waals surface area contributed by atoms with Crippen molar-refractivity contribution in [3.8, 4) is 0 Å². The first-order valence-corrected chi connectivity index (χ1v) is 6.59. The zero-order valence-corrected chi connectivity index (χ0v) is 11.2. The van der Waals surface area contributed by atoms with Crippen LogP contribution < -0.4 is 5.32 Å². The number of amides is 1. The molecule has 7 heteroatoms. The molecule has 0 radical (unpaired) electrons. The molecule has 2 aliphatic heterocycles. The molecular formula is C12H22N2O5. The minimum atomic E-state index is -0.677. The summed E-state index contributed by atoms with van der Waals surface area (Å²) in [6.07, 6.45) is -0.936. The Morgan fingerprint density at radius 1 is 1.47 bits per heavy atom. The Kier molecular flexibility index (Phi) is 5.53. The highest BCUT2D eigenvalue weighted by atomic mass is 16.5. The lowest BCUT2D eigenvalue weighted by molar-refractivity contribution is -0.126. The molecule has 3 atom stereocenters. The minimum Gasteiger partial charge on any atom is -0.388 e. The maximum absolute atomic E-state index is 11.4. The maximum atomic E-state index is 11.4. The van der Waals surface area contributed by atoms with Crippen LogP contribution in [0.15, 0.2) is 0 Å². The maximum Gasteiger partial charge on any atom is 0.246 e. The van der Waals surface area contributed by atoms with Gasteiger partial charge in [-0.05, 0) is 0 Å². The number of aliphatic hydroxyl groups excluding tert-OH is 1. The van der Waals surface area contributed by atoms with Gasteiger partial charge in [-0.15, -0.1) is 0 Å². The van der Waals surface area contributed by atoms with E-state index in [0.29, 0.717) is 13.2 Å². The molecule has 0 aromatic rings. The molecule has 0 aromatic carbocycles. The highest BCUT2D eigenvalue weighted by Gasteiger charge is 2.37. The van der Waals surface area contributed by atoms with Crippen LogP contribution in [0.1, 0.15) is 0 Å². The van der Waals surface area contributed by atoms with Crippen molar-refractivity contribution in [2.75, 3.05) is 53.2 Å². The lowest BCUT2D eigenvalue weighted by Gasteiger charge is -2.29. The molecule has 2 aliphatic rings. The van der Waals surface area contributed by atoms with Gasteiger partial charge in [0.1, 0.15) is 12.7 Å². The second-order valence-electron chi connectivity index (χ2n) is 4.88. The largest absolute Gasteiger partial charge is 0.388 e. The number of hydrogen-bond acceptors (Lipinski definition) is 6. The number of aliphatic hydroxyl groups is 1. The molecule has 2 N–H and O–H groups in total. The summed E-state index contributed by atoms with van der Waals surface area (Å²) in [5.74, 6) is -0.234. The lowest BCUT2D eigenvalue weighted by Crippen LogP contribution is -2.49. The standard InChI is InChI=1S/C12H22N2O5/c1-17-8-11(15)13-9-7-19-10(12(9)16)6-14-2-4-18-5-3-14/h9-10,12,16H,2-8H2,1H3,(H,13,15)/t9-,10-,12+/m0/s1. The normalized spacial score (nSPS) is 32.4. The summed E-state index contributed by atoms with van der Waals surface area (Å²) >= 11 is 0. The summed E-state index contributed by atoms with van der Waals surface area (Å²) in [6.45, 7) is 4.15. The third kappa shape index (κ3) is 4.12. The fourth-order valence-electron chi connectivity index (χ4n) is 2.39. The van der Waals surface area contributed by atoms with E-state index in [1.165, 1.54) is 7.11 Å². The Balaban J connectivity index is 1.76. The van der Waals surface area contributed by atoms with Gasteiger partial charge in [-0.3, -0.25) is 9.69 Å². The molecule has 0 aromatic heterocycles. The van der Waals surface area contributed by atoms with Crippen molar-refractivity contribution in [3.63, 3.8) is 0 Å². The second kappa shape index (κ2) is 7.16. The number of rotatable bonds is 5. The number of hydrogen-bond donors (Lipinski definition) is 2. The molecule has 19 heavy (non-hydrogen) atoms. The summed E-state index contributed by atoms with van der Waals surface area (Å²) in [5.41, 5.74) is 0. The van der Waals surface area contributed by atoms with E-state index >= 15 is 0 Å². The molecule has 0 aliphatic carbocycles. The fourth-order valence-corrected chi connectivity index (χ4v) is 2.39. The molecule has 1 amide bonds. The van der Waals surface area contributed by atoms with E-state index in [2.05, 4.69) is 10.2 Å². The zero-order valence-electron chi connectivity index (χ0n) is 11.2. The van der Waals surface area contributed by atoms with E-state index in [4.69, 9.17) is 14.2 Å². The highest BCUT2D eigenvalue weighted by Crippen LogP contribution is 2.16. The van der Waals surface area contributed by atoms with Crippen LogP contribution in [0.4, 0.5) is 0 Å². The first-order valence-electron chi connectivity index (χ1n) is 6.59. The molecule has 2 heterocycles. The topological polar surface area (TPSA) is 80.3 Å². The van der Waals surface area contributed by atoms with Gasteiger partial charge in [0.25, 0.3) is 0 Å². The van der Waals surface area contributed by atoms with E-state index in [9.17, 15) is 9.90 Å². The summed E-state index contributed by atoms with van der Waals surface area (Å²) in [6, 6.07) is -0.353. The minimum absolute atomic E-state index is 0.00263. The monoisotopic (exact) mass is 274 g/mol. The summed E-state index contributed by atoms with van der Waals surface area (Å²) in [4.78, 5) is 13.6. The van der Waals surface area contributed by atoms with Crippen molar-refractivity contribution in [2.24, 2.45) is 0 Å². The average molecular weight is 274 g/mol. The summed E-state index contributed by atoms with van der Waals surface area (Å²) < 4.78 is 15.6. The van der Waals surface area contributed by atoms with Crippen LogP contribution in [0.25, 0.3) is 0 Å². The molecule has 2 saturated heterocycles. The number of nitrogens with zero attached hydrogens (tertiary/aromatic N) is 1. The molecule has 0 saturated carbocycles. The molecule has 7 nitrogen and oxygen atoms in total.